The summed E-state index contributed by atoms with van der Waals surface area (Å²) in [5.41, 5.74) is 1.54. The van der Waals surface area contributed by atoms with Crippen LogP contribution in [0.5, 0.6) is 0 Å². The molecule has 1 fully saturated rings. The van der Waals surface area contributed by atoms with Gasteiger partial charge in [0.2, 0.25) is 0 Å². The van der Waals surface area contributed by atoms with Crippen molar-refractivity contribution in [2.24, 2.45) is 5.92 Å². The monoisotopic (exact) mass is 277 g/mol. The van der Waals surface area contributed by atoms with Crippen molar-refractivity contribution in [3.05, 3.63) is 29.8 Å². The first-order valence-corrected chi connectivity index (χ1v) is 8.19. The molecule has 1 aromatic rings. The van der Waals surface area contributed by atoms with E-state index in [1.165, 1.54) is 43.8 Å². The van der Waals surface area contributed by atoms with Crippen molar-refractivity contribution in [2.75, 3.05) is 33.4 Å². The molecule has 104 valence electrons. The van der Waals surface area contributed by atoms with Crippen LogP contribution in [-0.2, 0) is 11.2 Å². The van der Waals surface area contributed by atoms with Gasteiger partial charge >= 0.3 is 0 Å². The molecule has 2 atom stereocenters. The van der Waals surface area contributed by atoms with Crippen LogP contribution in [0.2, 0.25) is 0 Å². The highest BCUT2D eigenvalue weighted by Gasteiger charge is 2.26. The molecule has 19 heavy (non-hydrogen) atoms. The normalized spacial score (nSPS) is 27.4. The van der Waals surface area contributed by atoms with Gasteiger partial charge in [-0.05, 0) is 43.4 Å². The first kappa shape index (κ1) is 13.5. The molecule has 0 bridgehead atoms. The summed E-state index contributed by atoms with van der Waals surface area (Å²) < 4.78 is 5.32. The zero-order valence-corrected chi connectivity index (χ0v) is 12.5. The third-order valence-electron chi connectivity index (χ3n) is 4.18. The van der Waals surface area contributed by atoms with Crippen molar-refractivity contribution < 1.29 is 4.74 Å². The number of piperidine rings is 1. The lowest BCUT2D eigenvalue weighted by Gasteiger charge is -2.33. The second kappa shape index (κ2) is 6.29. The molecule has 3 heteroatoms. The van der Waals surface area contributed by atoms with Gasteiger partial charge in [-0.1, -0.05) is 18.2 Å². The predicted molar refractivity (Wildman–Crippen MR) is 80.8 cm³/mol. The average molecular weight is 277 g/mol. The first-order valence-electron chi connectivity index (χ1n) is 7.31. The minimum Gasteiger partial charge on any atom is -0.384 e. The van der Waals surface area contributed by atoms with E-state index in [0.29, 0.717) is 0 Å². The number of benzene rings is 1. The summed E-state index contributed by atoms with van der Waals surface area (Å²) in [6.07, 6.45) is 3.91. The zero-order valence-electron chi connectivity index (χ0n) is 11.7. The van der Waals surface area contributed by atoms with Crippen molar-refractivity contribution in [2.45, 2.75) is 29.4 Å². The molecule has 3 rings (SSSR count). The van der Waals surface area contributed by atoms with Gasteiger partial charge in [-0.15, -0.1) is 11.8 Å². The molecule has 0 amide bonds. The van der Waals surface area contributed by atoms with E-state index in [9.17, 15) is 0 Å². The Hall–Kier alpha value is -0.510. The van der Waals surface area contributed by atoms with Crippen molar-refractivity contribution in [1.82, 2.24) is 4.90 Å². The van der Waals surface area contributed by atoms with Crippen LogP contribution in [0, 0.1) is 5.92 Å². The quantitative estimate of drug-likeness (QED) is 0.839. The Morgan fingerprint density at radius 1 is 1.37 bits per heavy atom. The number of hydrogen-bond donors (Lipinski definition) is 0. The van der Waals surface area contributed by atoms with Crippen LogP contribution in [0.4, 0.5) is 0 Å². The number of likely N-dealkylation sites (tertiary alicyclic amines) is 1. The summed E-state index contributed by atoms with van der Waals surface area (Å²) in [4.78, 5) is 4.15. The molecule has 0 spiro atoms. The predicted octanol–water partition coefficient (Wildman–Crippen LogP) is 3.06. The van der Waals surface area contributed by atoms with Gasteiger partial charge in [0.1, 0.15) is 0 Å². The standard InChI is InChI=1S/C16H23NOS/c1-18-12-13-5-4-8-17(10-13)11-15-9-14-6-2-3-7-16(14)19-15/h2-3,6-7,13,15H,4-5,8-12H2,1H3. The highest BCUT2D eigenvalue weighted by Crippen LogP contribution is 2.37. The van der Waals surface area contributed by atoms with Crippen molar-refractivity contribution in [3.63, 3.8) is 0 Å². The summed E-state index contributed by atoms with van der Waals surface area (Å²) >= 11 is 2.07. The van der Waals surface area contributed by atoms with E-state index in [1.54, 1.807) is 5.56 Å². The molecule has 0 aliphatic carbocycles. The van der Waals surface area contributed by atoms with E-state index in [1.807, 2.05) is 7.11 Å². The third-order valence-corrected chi connectivity index (χ3v) is 5.48. The fraction of sp³-hybridized carbons (Fsp3) is 0.625. The topological polar surface area (TPSA) is 12.5 Å². The molecule has 2 nitrogen and oxygen atoms in total. The summed E-state index contributed by atoms with van der Waals surface area (Å²) in [6, 6.07) is 8.87. The zero-order chi connectivity index (χ0) is 13.1. The Morgan fingerprint density at radius 3 is 3.11 bits per heavy atom. The van der Waals surface area contributed by atoms with Gasteiger partial charge in [0, 0.05) is 30.3 Å². The van der Waals surface area contributed by atoms with Crippen LogP contribution in [0.15, 0.2) is 29.2 Å². The van der Waals surface area contributed by atoms with Gasteiger partial charge in [-0.2, -0.15) is 0 Å². The smallest absolute Gasteiger partial charge is 0.0502 e. The van der Waals surface area contributed by atoms with E-state index in [2.05, 4.69) is 40.9 Å². The Balaban J connectivity index is 1.53. The summed E-state index contributed by atoms with van der Waals surface area (Å²) in [7, 11) is 1.82. The van der Waals surface area contributed by atoms with Gasteiger partial charge in [-0.3, -0.25) is 0 Å². The number of hydrogen-bond acceptors (Lipinski definition) is 3. The highest BCUT2D eigenvalue weighted by molar-refractivity contribution is 8.00. The van der Waals surface area contributed by atoms with E-state index < -0.39 is 0 Å². The number of rotatable bonds is 4. The fourth-order valence-electron chi connectivity index (χ4n) is 3.33. The first-order chi connectivity index (χ1) is 9.35. The van der Waals surface area contributed by atoms with Crippen molar-refractivity contribution in [1.29, 1.82) is 0 Å². The molecule has 1 aromatic carbocycles. The molecule has 0 radical (unpaired) electrons. The molecule has 0 saturated carbocycles. The number of methoxy groups -OCH3 is 1. The van der Waals surface area contributed by atoms with Crippen LogP contribution < -0.4 is 0 Å². The van der Waals surface area contributed by atoms with E-state index in [0.717, 1.165) is 17.8 Å². The highest BCUT2D eigenvalue weighted by atomic mass is 32.2. The maximum atomic E-state index is 5.32. The fourth-order valence-corrected chi connectivity index (χ4v) is 4.70. The summed E-state index contributed by atoms with van der Waals surface area (Å²) in [5, 5.41) is 0.749. The van der Waals surface area contributed by atoms with Gasteiger partial charge < -0.3 is 9.64 Å². The Morgan fingerprint density at radius 2 is 2.26 bits per heavy atom. The van der Waals surface area contributed by atoms with Crippen molar-refractivity contribution in [3.8, 4) is 0 Å². The second-order valence-electron chi connectivity index (χ2n) is 5.77. The van der Waals surface area contributed by atoms with E-state index >= 15 is 0 Å². The number of thioether (sulfide) groups is 1. The Kier molecular flexibility index (Phi) is 4.46. The Bertz CT molecular complexity index is 396. The van der Waals surface area contributed by atoms with Gasteiger partial charge in [0.15, 0.2) is 0 Å². The molecular formula is C16H23NOS. The molecule has 0 aromatic heterocycles. The molecule has 2 heterocycles. The van der Waals surface area contributed by atoms with Gasteiger partial charge in [-0.25, -0.2) is 0 Å². The van der Waals surface area contributed by atoms with Gasteiger partial charge in [0.25, 0.3) is 0 Å². The summed E-state index contributed by atoms with van der Waals surface area (Å²) in [5.74, 6) is 0.743. The van der Waals surface area contributed by atoms with Crippen LogP contribution in [-0.4, -0.2) is 43.5 Å². The lowest BCUT2D eigenvalue weighted by atomic mass is 9.98. The van der Waals surface area contributed by atoms with E-state index in [4.69, 9.17) is 4.74 Å². The Labute approximate surface area is 120 Å². The number of nitrogens with zero attached hydrogens (tertiary/aromatic N) is 1. The number of ether oxygens (including phenoxy) is 1. The van der Waals surface area contributed by atoms with Crippen LogP contribution >= 0.6 is 11.8 Å². The largest absolute Gasteiger partial charge is 0.384 e. The van der Waals surface area contributed by atoms with Gasteiger partial charge in [0.05, 0.1) is 6.61 Å². The lowest BCUT2D eigenvalue weighted by molar-refractivity contribution is 0.0910. The van der Waals surface area contributed by atoms with Crippen LogP contribution in [0.1, 0.15) is 18.4 Å². The minimum atomic E-state index is 0.743. The van der Waals surface area contributed by atoms with E-state index in [-0.39, 0.29) is 0 Å². The second-order valence-corrected chi connectivity index (χ2v) is 7.12. The number of fused-ring (bicyclic) bond motifs is 1. The average Bonchev–Trinajstić information content (AvgIpc) is 2.81. The SMILES string of the molecule is COCC1CCCN(CC2Cc3ccccc3S2)C1. The molecule has 2 unspecified atom stereocenters. The molecule has 1 saturated heterocycles. The molecule has 2 aliphatic rings. The molecule has 0 N–H and O–H groups in total. The minimum absolute atomic E-state index is 0.743. The van der Waals surface area contributed by atoms with Crippen LogP contribution in [0.25, 0.3) is 0 Å². The molecular weight excluding hydrogens is 254 g/mol. The summed E-state index contributed by atoms with van der Waals surface area (Å²) in [6.45, 7) is 4.66. The maximum absolute atomic E-state index is 5.32. The maximum Gasteiger partial charge on any atom is 0.0502 e. The molecule has 2 aliphatic heterocycles. The third kappa shape index (κ3) is 3.33. The van der Waals surface area contributed by atoms with Crippen molar-refractivity contribution >= 4 is 11.8 Å². The van der Waals surface area contributed by atoms with Crippen LogP contribution in [0.3, 0.4) is 0 Å². The lowest BCUT2D eigenvalue weighted by Crippen LogP contribution is -2.40.